The molecule has 1 aliphatic carbocycles. The average molecular weight is 881 g/mol. The SMILES string of the molecule is O=C1CCC(N2Cc3c(C#CCCCCC(=O)C4CCN(C(=O)[C@@H]5NC6(CCCCC6)[C@@]6(C(=O)Nc7cc(Cl)ccc76)[C@H]5c5cccc(Cl)c5F)CC4)cccc3C2=O)C(=O)N1. The van der Waals surface area contributed by atoms with E-state index in [4.69, 9.17) is 23.2 Å². The van der Waals surface area contributed by atoms with Gasteiger partial charge in [-0.1, -0.05) is 78.6 Å². The molecule has 5 heterocycles. The van der Waals surface area contributed by atoms with Crippen molar-refractivity contribution in [3.8, 4) is 11.8 Å². The van der Waals surface area contributed by atoms with E-state index in [1.165, 1.54) is 11.0 Å². The van der Waals surface area contributed by atoms with Gasteiger partial charge in [0.05, 0.1) is 11.1 Å². The highest BCUT2D eigenvalue weighted by molar-refractivity contribution is 6.31. The first-order chi connectivity index (χ1) is 29.9. The Kier molecular flexibility index (Phi) is 11.5. The van der Waals surface area contributed by atoms with E-state index in [0.717, 1.165) is 30.4 Å². The molecule has 4 fully saturated rings. The number of piperidine rings is 2. The number of anilines is 1. The Morgan fingerprint density at radius 1 is 0.903 bits per heavy atom. The summed E-state index contributed by atoms with van der Waals surface area (Å²) in [5, 5.41) is 9.51. The van der Waals surface area contributed by atoms with Crippen LogP contribution < -0.4 is 16.0 Å². The summed E-state index contributed by atoms with van der Waals surface area (Å²) in [6.07, 6.45) is 7.81. The molecule has 322 valence electrons. The van der Waals surface area contributed by atoms with Crippen molar-refractivity contribution in [3.05, 3.63) is 98.3 Å². The Balaban J connectivity index is 0.842. The zero-order chi connectivity index (χ0) is 43.3. The highest BCUT2D eigenvalue weighted by atomic mass is 35.5. The van der Waals surface area contributed by atoms with Crippen molar-refractivity contribution >= 4 is 64.2 Å². The lowest BCUT2D eigenvalue weighted by Gasteiger charge is -2.47. The van der Waals surface area contributed by atoms with Crippen molar-refractivity contribution in [3.63, 3.8) is 0 Å². The van der Waals surface area contributed by atoms with Crippen molar-refractivity contribution in [2.75, 3.05) is 18.4 Å². The van der Waals surface area contributed by atoms with Crippen LogP contribution in [-0.4, -0.2) is 75.8 Å². The number of amides is 5. The van der Waals surface area contributed by atoms with Gasteiger partial charge in [0.15, 0.2) is 0 Å². The summed E-state index contributed by atoms with van der Waals surface area (Å²) in [4.78, 5) is 83.6. The van der Waals surface area contributed by atoms with E-state index in [-0.39, 0.29) is 58.9 Å². The molecule has 1 unspecified atom stereocenters. The fraction of sp³-hybridized carbons (Fsp3) is 0.458. The number of hydrogen-bond donors (Lipinski definition) is 3. The molecule has 6 aliphatic rings. The van der Waals surface area contributed by atoms with Crippen LogP contribution in [0.4, 0.5) is 10.1 Å². The lowest BCUT2D eigenvalue weighted by Crippen LogP contribution is -2.60. The van der Waals surface area contributed by atoms with Crippen LogP contribution in [0.1, 0.15) is 122 Å². The topological polar surface area (TPSA) is 145 Å². The van der Waals surface area contributed by atoms with E-state index in [9.17, 15) is 28.8 Å². The van der Waals surface area contributed by atoms with E-state index < -0.39 is 40.7 Å². The van der Waals surface area contributed by atoms with Gasteiger partial charge in [0, 0.05) is 78.1 Å². The Hall–Kier alpha value is -5.09. The fourth-order valence-electron chi connectivity index (χ4n) is 11.4. The number of rotatable bonds is 8. The van der Waals surface area contributed by atoms with Crippen LogP contribution in [0.25, 0.3) is 0 Å². The Morgan fingerprint density at radius 3 is 2.45 bits per heavy atom. The second-order valence-electron chi connectivity index (χ2n) is 17.6. The molecule has 2 spiro atoms. The third kappa shape index (κ3) is 7.10. The number of fused-ring (bicyclic) bond motifs is 4. The molecular weight excluding hydrogens is 832 g/mol. The quantitative estimate of drug-likeness (QED) is 0.126. The summed E-state index contributed by atoms with van der Waals surface area (Å²) < 4.78 is 16.3. The van der Waals surface area contributed by atoms with Crippen molar-refractivity contribution < 1.29 is 33.2 Å². The number of carbonyl (C=O) groups is 6. The van der Waals surface area contributed by atoms with Crippen LogP contribution in [0.3, 0.4) is 0 Å². The highest BCUT2D eigenvalue weighted by Crippen LogP contribution is 2.63. The fourth-order valence-corrected chi connectivity index (χ4v) is 11.8. The van der Waals surface area contributed by atoms with Gasteiger partial charge in [-0.3, -0.25) is 39.4 Å². The van der Waals surface area contributed by atoms with Crippen molar-refractivity contribution in [2.24, 2.45) is 5.92 Å². The number of halogens is 3. The molecule has 5 aliphatic heterocycles. The normalized spacial score (nSPS) is 25.4. The first-order valence-electron chi connectivity index (χ1n) is 21.8. The molecule has 9 rings (SSSR count). The minimum atomic E-state index is -1.31. The van der Waals surface area contributed by atoms with Gasteiger partial charge in [-0.15, -0.1) is 0 Å². The highest BCUT2D eigenvalue weighted by Gasteiger charge is 2.72. The van der Waals surface area contributed by atoms with Gasteiger partial charge in [-0.2, -0.15) is 0 Å². The van der Waals surface area contributed by atoms with Crippen LogP contribution in [0.5, 0.6) is 0 Å². The zero-order valence-corrected chi connectivity index (χ0v) is 35.8. The van der Waals surface area contributed by atoms with Gasteiger partial charge in [-0.05, 0) is 92.0 Å². The predicted octanol–water partition coefficient (Wildman–Crippen LogP) is 6.96. The molecule has 0 radical (unpaired) electrons. The number of benzene rings is 3. The number of unbranched alkanes of at least 4 members (excludes halogenated alkanes) is 2. The average Bonchev–Trinajstić information content (AvgIpc) is 3.86. The number of hydrogen-bond acceptors (Lipinski definition) is 7. The summed E-state index contributed by atoms with van der Waals surface area (Å²) in [5.74, 6) is 3.30. The summed E-state index contributed by atoms with van der Waals surface area (Å²) in [6, 6.07) is 13.8. The first kappa shape index (κ1) is 42.2. The lowest BCUT2D eigenvalue weighted by molar-refractivity contribution is -0.137. The van der Waals surface area contributed by atoms with E-state index in [1.54, 1.807) is 41.3 Å². The van der Waals surface area contributed by atoms with Gasteiger partial charge in [0.2, 0.25) is 23.6 Å². The molecule has 3 N–H and O–H groups in total. The molecule has 1 saturated carbocycles. The maximum atomic E-state index is 16.3. The Labute approximate surface area is 369 Å². The van der Waals surface area contributed by atoms with E-state index in [0.29, 0.717) is 92.7 Å². The van der Waals surface area contributed by atoms with Crippen molar-refractivity contribution in [1.29, 1.82) is 0 Å². The summed E-state index contributed by atoms with van der Waals surface area (Å²) in [6.45, 7) is 0.991. The van der Waals surface area contributed by atoms with E-state index in [1.807, 2.05) is 12.1 Å². The number of carbonyl (C=O) groups excluding carboxylic acids is 6. The minimum absolute atomic E-state index is 0.0771. The van der Waals surface area contributed by atoms with E-state index in [2.05, 4.69) is 27.8 Å². The number of likely N-dealkylation sites (tertiary alicyclic amines) is 1. The molecule has 0 aromatic heterocycles. The van der Waals surface area contributed by atoms with Crippen LogP contribution in [0.2, 0.25) is 10.0 Å². The summed E-state index contributed by atoms with van der Waals surface area (Å²) in [7, 11) is 0. The number of ketones is 1. The molecule has 14 heteroatoms. The third-order valence-corrected chi connectivity index (χ3v) is 14.9. The molecule has 11 nitrogen and oxygen atoms in total. The maximum Gasteiger partial charge on any atom is 0.255 e. The number of nitrogens with one attached hydrogen (secondary N) is 3. The van der Waals surface area contributed by atoms with Gasteiger partial charge >= 0.3 is 0 Å². The van der Waals surface area contributed by atoms with Crippen molar-refractivity contribution in [2.45, 2.75) is 119 Å². The predicted molar refractivity (Wildman–Crippen MR) is 231 cm³/mol. The molecule has 62 heavy (non-hydrogen) atoms. The van der Waals surface area contributed by atoms with Gasteiger partial charge in [0.1, 0.15) is 23.1 Å². The molecule has 5 amide bonds. The second-order valence-corrected chi connectivity index (χ2v) is 18.5. The van der Waals surface area contributed by atoms with Gasteiger partial charge in [-0.25, -0.2) is 4.39 Å². The smallest absolute Gasteiger partial charge is 0.255 e. The molecule has 4 atom stereocenters. The van der Waals surface area contributed by atoms with Crippen LogP contribution in [0.15, 0.2) is 54.6 Å². The van der Waals surface area contributed by atoms with Crippen LogP contribution in [0, 0.1) is 23.6 Å². The summed E-state index contributed by atoms with van der Waals surface area (Å²) >= 11 is 12.8. The van der Waals surface area contributed by atoms with Crippen LogP contribution in [-0.2, 0) is 35.9 Å². The lowest BCUT2D eigenvalue weighted by atomic mass is 9.55. The zero-order valence-electron chi connectivity index (χ0n) is 34.3. The van der Waals surface area contributed by atoms with Gasteiger partial charge in [0.25, 0.3) is 5.91 Å². The number of nitrogens with zero attached hydrogens (tertiary/aromatic N) is 2. The van der Waals surface area contributed by atoms with E-state index >= 15 is 4.39 Å². The van der Waals surface area contributed by atoms with Crippen LogP contribution >= 0.6 is 23.2 Å². The van der Waals surface area contributed by atoms with Crippen molar-refractivity contribution in [1.82, 2.24) is 20.4 Å². The third-order valence-electron chi connectivity index (χ3n) is 14.3. The Morgan fingerprint density at radius 2 is 1.68 bits per heavy atom. The molecule has 3 aromatic rings. The molecule has 0 bridgehead atoms. The number of imide groups is 1. The minimum Gasteiger partial charge on any atom is -0.341 e. The monoisotopic (exact) mass is 879 g/mol. The molecule has 3 aromatic carbocycles. The standard InChI is InChI=1S/C48H48Cl2FN5O6/c49-30-16-17-34-36(26-30)52-46(62)48(34)40(32-13-9-14-35(50)41(32)51)42(54-47(48)22-6-3-7-23-47)45(61)55-24-20-29(21-25-55)38(57)15-5-2-1-4-10-28-11-8-12-31-33(28)27-56(44(31)60)37-18-19-39(58)53-43(37)59/h8-9,11-14,16-17,26,29,37,40,42,54H,1-3,5-7,15,18-25,27H2,(H,52,62)(H,53,58,59)/t37?,40-,42+,48+/m0/s1. The second kappa shape index (κ2) is 16.9. The maximum absolute atomic E-state index is 16.3. The molecular formula is C48H48Cl2FN5O6. The number of Topliss-reactive ketones (excluding diaryl/α,β-unsaturated/α-hetero) is 1. The van der Waals surface area contributed by atoms with Gasteiger partial charge < -0.3 is 15.1 Å². The summed E-state index contributed by atoms with van der Waals surface area (Å²) in [5.41, 5.74) is 1.38. The first-order valence-corrected chi connectivity index (χ1v) is 22.6. The Bertz CT molecular complexity index is 2450. The largest absolute Gasteiger partial charge is 0.341 e. The molecule has 3 saturated heterocycles.